The first-order valence-corrected chi connectivity index (χ1v) is 6.34. The van der Waals surface area contributed by atoms with Crippen LogP contribution in [0, 0.1) is 6.92 Å². The monoisotopic (exact) mass is 239 g/mol. The Morgan fingerprint density at radius 3 is 2.44 bits per heavy atom. The van der Waals surface area contributed by atoms with Crippen LogP contribution in [0.2, 0.25) is 0 Å². The molecule has 0 radical (unpaired) electrons. The van der Waals surface area contributed by atoms with Gasteiger partial charge in [0.15, 0.2) is 0 Å². The Hall–Kier alpha value is -1.90. The van der Waals surface area contributed by atoms with E-state index in [1.165, 1.54) is 5.56 Å². The van der Waals surface area contributed by atoms with Crippen molar-refractivity contribution in [3.63, 3.8) is 0 Å². The summed E-state index contributed by atoms with van der Waals surface area (Å²) in [6.07, 6.45) is 2.28. The molecule has 0 unspecified atom stereocenters. The molecule has 0 saturated heterocycles. The standard InChI is InChI=1S/C15H17N3/c1-11-10-13(16-2)18-14(17-11)15(8-9-15)12-6-4-3-5-7-12/h3-7,10H,8-9H2,1-2H3,(H,16,17,18). The first-order chi connectivity index (χ1) is 8.74. The zero-order valence-electron chi connectivity index (χ0n) is 10.8. The Bertz CT molecular complexity index is 559. The first-order valence-electron chi connectivity index (χ1n) is 6.34. The van der Waals surface area contributed by atoms with Gasteiger partial charge in [-0.05, 0) is 25.3 Å². The van der Waals surface area contributed by atoms with Crippen molar-refractivity contribution in [1.29, 1.82) is 0 Å². The average molecular weight is 239 g/mol. The summed E-state index contributed by atoms with van der Waals surface area (Å²) in [6.45, 7) is 2.02. The van der Waals surface area contributed by atoms with Crippen LogP contribution in [0.5, 0.6) is 0 Å². The fraction of sp³-hybridized carbons (Fsp3) is 0.333. The van der Waals surface area contributed by atoms with Gasteiger partial charge in [-0.3, -0.25) is 0 Å². The van der Waals surface area contributed by atoms with Gasteiger partial charge < -0.3 is 5.32 Å². The first kappa shape index (κ1) is 11.2. The highest BCUT2D eigenvalue weighted by Crippen LogP contribution is 2.52. The third-order valence-electron chi connectivity index (χ3n) is 3.61. The third-order valence-corrected chi connectivity index (χ3v) is 3.61. The predicted octanol–water partition coefficient (Wildman–Crippen LogP) is 2.91. The van der Waals surface area contributed by atoms with Crippen LogP contribution >= 0.6 is 0 Å². The molecule has 3 heteroatoms. The lowest BCUT2D eigenvalue weighted by Crippen LogP contribution is -2.15. The van der Waals surface area contributed by atoms with E-state index in [4.69, 9.17) is 0 Å². The minimum Gasteiger partial charge on any atom is -0.373 e. The van der Waals surface area contributed by atoms with Crippen LogP contribution in [0.1, 0.15) is 29.9 Å². The number of aryl methyl sites for hydroxylation is 1. The molecule has 0 amide bonds. The molecule has 1 aliphatic rings. The van der Waals surface area contributed by atoms with Gasteiger partial charge in [0, 0.05) is 18.8 Å². The summed E-state index contributed by atoms with van der Waals surface area (Å²) in [5, 5.41) is 3.11. The van der Waals surface area contributed by atoms with Crippen molar-refractivity contribution < 1.29 is 0 Å². The fourth-order valence-electron chi connectivity index (χ4n) is 2.43. The Morgan fingerprint density at radius 2 is 1.83 bits per heavy atom. The summed E-state index contributed by atoms with van der Waals surface area (Å²) in [7, 11) is 1.90. The van der Waals surface area contributed by atoms with E-state index in [-0.39, 0.29) is 5.41 Å². The quantitative estimate of drug-likeness (QED) is 0.895. The van der Waals surface area contributed by atoms with Crippen molar-refractivity contribution in [2.75, 3.05) is 12.4 Å². The van der Waals surface area contributed by atoms with E-state index in [1.807, 2.05) is 20.0 Å². The molecular formula is C15H17N3. The molecule has 1 aliphatic carbocycles. The number of nitrogens with zero attached hydrogens (tertiary/aromatic N) is 2. The Balaban J connectivity index is 2.07. The highest BCUT2D eigenvalue weighted by atomic mass is 15.0. The second-order valence-electron chi connectivity index (χ2n) is 4.92. The largest absolute Gasteiger partial charge is 0.373 e. The van der Waals surface area contributed by atoms with E-state index < -0.39 is 0 Å². The molecule has 1 saturated carbocycles. The SMILES string of the molecule is CNc1cc(C)nc(C2(c3ccccc3)CC2)n1. The van der Waals surface area contributed by atoms with Crippen molar-refractivity contribution in [2.45, 2.75) is 25.2 Å². The number of benzene rings is 1. The van der Waals surface area contributed by atoms with Gasteiger partial charge in [0.05, 0.1) is 5.41 Å². The van der Waals surface area contributed by atoms with Gasteiger partial charge in [0.2, 0.25) is 0 Å². The molecule has 1 fully saturated rings. The lowest BCUT2D eigenvalue weighted by molar-refractivity contribution is 0.749. The van der Waals surface area contributed by atoms with Gasteiger partial charge in [-0.1, -0.05) is 30.3 Å². The maximum Gasteiger partial charge on any atom is 0.141 e. The van der Waals surface area contributed by atoms with Gasteiger partial charge in [-0.25, -0.2) is 9.97 Å². The molecule has 1 aromatic heterocycles. The van der Waals surface area contributed by atoms with E-state index in [0.29, 0.717) is 0 Å². The molecule has 1 heterocycles. The van der Waals surface area contributed by atoms with Crippen molar-refractivity contribution in [2.24, 2.45) is 0 Å². The average Bonchev–Trinajstić information content (AvgIpc) is 3.20. The highest BCUT2D eigenvalue weighted by Gasteiger charge is 2.48. The normalized spacial score (nSPS) is 16.3. The van der Waals surface area contributed by atoms with Gasteiger partial charge in [0.1, 0.15) is 11.6 Å². The van der Waals surface area contributed by atoms with Crippen LogP contribution in [0.4, 0.5) is 5.82 Å². The van der Waals surface area contributed by atoms with Gasteiger partial charge in [0.25, 0.3) is 0 Å². The van der Waals surface area contributed by atoms with E-state index >= 15 is 0 Å². The third kappa shape index (κ3) is 1.76. The number of nitrogens with one attached hydrogen (secondary N) is 1. The summed E-state index contributed by atoms with van der Waals surface area (Å²) in [6, 6.07) is 12.6. The van der Waals surface area contributed by atoms with Gasteiger partial charge >= 0.3 is 0 Å². The summed E-state index contributed by atoms with van der Waals surface area (Å²) >= 11 is 0. The molecular weight excluding hydrogens is 222 g/mol. The Kier molecular flexibility index (Phi) is 2.54. The highest BCUT2D eigenvalue weighted by molar-refractivity contribution is 5.43. The van der Waals surface area contributed by atoms with Crippen LogP contribution in [0.15, 0.2) is 36.4 Å². The summed E-state index contributed by atoms with van der Waals surface area (Å²) in [5.74, 6) is 1.86. The molecule has 3 nitrogen and oxygen atoms in total. The summed E-state index contributed by atoms with van der Waals surface area (Å²) < 4.78 is 0. The van der Waals surface area contributed by atoms with Crippen LogP contribution in [0.3, 0.4) is 0 Å². The maximum absolute atomic E-state index is 4.64. The summed E-state index contributed by atoms with van der Waals surface area (Å²) in [4.78, 5) is 9.28. The molecule has 18 heavy (non-hydrogen) atoms. The number of hydrogen-bond donors (Lipinski definition) is 1. The molecule has 0 atom stereocenters. The minimum absolute atomic E-state index is 0.0544. The van der Waals surface area contributed by atoms with E-state index in [1.54, 1.807) is 0 Å². The van der Waals surface area contributed by atoms with E-state index in [9.17, 15) is 0 Å². The maximum atomic E-state index is 4.64. The molecule has 2 aromatic rings. The van der Waals surface area contributed by atoms with Crippen molar-refractivity contribution in [3.8, 4) is 0 Å². The molecule has 1 N–H and O–H groups in total. The molecule has 0 bridgehead atoms. The fourth-order valence-corrected chi connectivity index (χ4v) is 2.43. The summed E-state index contributed by atoms with van der Waals surface area (Å²) in [5.41, 5.74) is 2.41. The van der Waals surface area contributed by atoms with Crippen molar-refractivity contribution in [1.82, 2.24) is 9.97 Å². The molecule has 3 rings (SSSR count). The predicted molar refractivity (Wildman–Crippen MR) is 72.8 cm³/mol. The Labute approximate surface area is 107 Å². The number of aromatic nitrogens is 2. The smallest absolute Gasteiger partial charge is 0.141 e. The van der Waals surface area contributed by atoms with Gasteiger partial charge in [-0.15, -0.1) is 0 Å². The Morgan fingerprint density at radius 1 is 1.11 bits per heavy atom. The zero-order valence-corrected chi connectivity index (χ0v) is 10.8. The molecule has 1 aromatic carbocycles. The number of rotatable bonds is 3. The lowest BCUT2D eigenvalue weighted by atomic mass is 9.95. The van der Waals surface area contributed by atoms with Crippen molar-refractivity contribution in [3.05, 3.63) is 53.5 Å². The van der Waals surface area contributed by atoms with Crippen LogP contribution in [0.25, 0.3) is 0 Å². The van der Waals surface area contributed by atoms with Crippen LogP contribution in [-0.2, 0) is 5.41 Å². The molecule has 0 spiro atoms. The molecule has 0 aliphatic heterocycles. The second kappa shape index (κ2) is 4.09. The van der Waals surface area contributed by atoms with E-state index in [0.717, 1.165) is 30.2 Å². The minimum atomic E-state index is 0.0544. The number of anilines is 1. The second-order valence-corrected chi connectivity index (χ2v) is 4.92. The van der Waals surface area contributed by atoms with Crippen LogP contribution in [-0.4, -0.2) is 17.0 Å². The topological polar surface area (TPSA) is 37.8 Å². The van der Waals surface area contributed by atoms with Crippen molar-refractivity contribution >= 4 is 5.82 Å². The zero-order chi connectivity index (χ0) is 12.6. The van der Waals surface area contributed by atoms with Gasteiger partial charge in [-0.2, -0.15) is 0 Å². The lowest BCUT2D eigenvalue weighted by Gasteiger charge is -2.15. The van der Waals surface area contributed by atoms with Crippen LogP contribution < -0.4 is 5.32 Å². The number of hydrogen-bond acceptors (Lipinski definition) is 3. The van der Waals surface area contributed by atoms with E-state index in [2.05, 4.69) is 45.6 Å². The molecule has 92 valence electrons.